The summed E-state index contributed by atoms with van der Waals surface area (Å²) in [7, 11) is 0. The number of ether oxygens (including phenoxy) is 6. The highest BCUT2D eigenvalue weighted by Gasteiger charge is 2.54. The SMILES string of the molecule is CCCCCCCCCCOC(=O)C1CC2OC2CC1C(=O)OCCCCCCOC(=O)C1CC2OC2CC1C(=O)OCCCCCCCCCC. The molecule has 0 aromatic carbocycles. The minimum atomic E-state index is -0.517. The van der Waals surface area contributed by atoms with Gasteiger partial charge in [0, 0.05) is 0 Å². The van der Waals surface area contributed by atoms with Gasteiger partial charge in [0.2, 0.25) is 0 Å². The van der Waals surface area contributed by atoms with Gasteiger partial charge < -0.3 is 28.4 Å². The van der Waals surface area contributed by atoms with Crippen LogP contribution < -0.4 is 0 Å². The van der Waals surface area contributed by atoms with E-state index in [1.807, 2.05) is 0 Å². The standard InChI is InChI=1S/C42H70O10/c1-3-5-7-9-11-13-15-19-23-47-39(43)31-27-35-37(51-35)29-33(31)41(45)49-25-21-17-18-22-26-50-42(46)34-30-38-36(52-38)28-32(34)40(44)48-24-20-16-14-12-10-8-6-4-2/h31-38H,3-30H2,1-2H3. The summed E-state index contributed by atoms with van der Waals surface area (Å²) in [5, 5.41) is 0. The Labute approximate surface area is 313 Å². The molecule has 0 aromatic rings. The normalized spacial score (nSPS) is 27.2. The van der Waals surface area contributed by atoms with Crippen molar-refractivity contribution in [3.63, 3.8) is 0 Å². The fraction of sp³-hybridized carbons (Fsp3) is 0.905. The quantitative estimate of drug-likeness (QED) is 0.0319. The minimum Gasteiger partial charge on any atom is -0.465 e. The van der Waals surface area contributed by atoms with Gasteiger partial charge >= 0.3 is 23.9 Å². The smallest absolute Gasteiger partial charge is 0.309 e. The zero-order chi connectivity index (χ0) is 37.0. The third kappa shape index (κ3) is 15.3. The Bertz CT molecular complexity index is 981. The first-order valence-corrected chi connectivity index (χ1v) is 21.4. The fourth-order valence-corrected chi connectivity index (χ4v) is 8.04. The first-order chi connectivity index (χ1) is 25.4. The van der Waals surface area contributed by atoms with E-state index in [2.05, 4.69) is 13.8 Å². The van der Waals surface area contributed by atoms with E-state index < -0.39 is 23.7 Å². The number of carbonyl (C=O) groups is 4. The number of carbonyl (C=O) groups excluding carboxylic acids is 4. The summed E-state index contributed by atoms with van der Waals surface area (Å²) in [5.41, 5.74) is 0. The molecule has 4 fully saturated rings. The second kappa shape index (κ2) is 24.3. The average Bonchev–Trinajstić information content (AvgIpc) is 4.08. The molecule has 8 atom stereocenters. The van der Waals surface area contributed by atoms with Crippen molar-refractivity contribution in [3.05, 3.63) is 0 Å². The predicted molar refractivity (Wildman–Crippen MR) is 197 cm³/mol. The monoisotopic (exact) mass is 734 g/mol. The third-order valence-electron chi connectivity index (χ3n) is 11.5. The molecule has 52 heavy (non-hydrogen) atoms. The van der Waals surface area contributed by atoms with Crippen LogP contribution in [0.2, 0.25) is 0 Å². The van der Waals surface area contributed by atoms with E-state index in [4.69, 9.17) is 28.4 Å². The van der Waals surface area contributed by atoms with Crippen molar-refractivity contribution in [1.29, 1.82) is 0 Å². The van der Waals surface area contributed by atoms with Crippen LogP contribution >= 0.6 is 0 Å². The Balaban J connectivity index is 1.03. The van der Waals surface area contributed by atoms with Crippen LogP contribution in [0.15, 0.2) is 0 Å². The first kappa shape index (κ1) is 42.5. The Morgan fingerprint density at radius 3 is 0.808 bits per heavy atom. The highest BCUT2D eigenvalue weighted by Crippen LogP contribution is 2.45. The Hall–Kier alpha value is -2.20. The van der Waals surface area contributed by atoms with Crippen molar-refractivity contribution in [2.75, 3.05) is 26.4 Å². The lowest BCUT2D eigenvalue weighted by molar-refractivity contribution is -0.162. The van der Waals surface area contributed by atoms with E-state index in [0.717, 1.165) is 51.4 Å². The van der Waals surface area contributed by atoms with Gasteiger partial charge in [0.1, 0.15) is 0 Å². The van der Waals surface area contributed by atoms with Gasteiger partial charge in [-0.1, -0.05) is 104 Å². The maximum atomic E-state index is 13.0. The fourth-order valence-electron chi connectivity index (χ4n) is 8.04. The molecule has 8 unspecified atom stereocenters. The summed E-state index contributed by atoms with van der Waals surface area (Å²) < 4.78 is 33.8. The number of hydrogen-bond acceptors (Lipinski definition) is 10. The molecule has 2 aliphatic heterocycles. The second-order valence-electron chi connectivity index (χ2n) is 15.8. The van der Waals surface area contributed by atoms with E-state index in [-0.39, 0.29) is 61.5 Å². The lowest BCUT2D eigenvalue weighted by atomic mass is 9.79. The summed E-state index contributed by atoms with van der Waals surface area (Å²) >= 11 is 0. The molecular weight excluding hydrogens is 664 g/mol. The molecule has 2 aliphatic carbocycles. The van der Waals surface area contributed by atoms with Gasteiger partial charge in [0.05, 0.1) is 74.5 Å². The maximum absolute atomic E-state index is 13.0. The zero-order valence-electron chi connectivity index (χ0n) is 32.5. The van der Waals surface area contributed by atoms with E-state index in [0.29, 0.717) is 51.7 Å². The van der Waals surface area contributed by atoms with E-state index >= 15 is 0 Å². The van der Waals surface area contributed by atoms with Crippen LogP contribution in [-0.4, -0.2) is 74.7 Å². The lowest BCUT2D eigenvalue weighted by Crippen LogP contribution is -2.38. The van der Waals surface area contributed by atoms with Crippen molar-refractivity contribution in [3.8, 4) is 0 Å². The average molecular weight is 735 g/mol. The number of fused-ring (bicyclic) bond motifs is 2. The van der Waals surface area contributed by atoms with Gasteiger partial charge in [-0.25, -0.2) is 0 Å². The Kier molecular flexibility index (Phi) is 19.8. The van der Waals surface area contributed by atoms with E-state index in [1.165, 1.54) is 64.2 Å². The molecule has 0 N–H and O–H groups in total. The molecule has 0 spiro atoms. The number of unbranched alkanes of at least 4 members (excludes halogenated alkanes) is 17. The predicted octanol–water partition coefficient (Wildman–Crippen LogP) is 8.59. The molecule has 2 saturated carbocycles. The van der Waals surface area contributed by atoms with Crippen molar-refractivity contribution in [2.24, 2.45) is 23.7 Å². The largest absolute Gasteiger partial charge is 0.465 e. The van der Waals surface area contributed by atoms with E-state index in [9.17, 15) is 19.2 Å². The summed E-state index contributed by atoms with van der Waals surface area (Å²) in [6.07, 6.45) is 24.2. The molecule has 0 aromatic heterocycles. The van der Waals surface area contributed by atoms with Crippen molar-refractivity contribution >= 4 is 23.9 Å². The van der Waals surface area contributed by atoms with Gasteiger partial charge in [0.15, 0.2) is 0 Å². The molecule has 4 rings (SSSR count). The first-order valence-electron chi connectivity index (χ1n) is 21.4. The topological polar surface area (TPSA) is 130 Å². The number of epoxide rings is 2. The number of rotatable bonds is 29. The van der Waals surface area contributed by atoms with Gasteiger partial charge in [-0.2, -0.15) is 0 Å². The van der Waals surface area contributed by atoms with Crippen LogP contribution in [0, 0.1) is 23.7 Å². The van der Waals surface area contributed by atoms with Crippen molar-refractivity contribution < 1.29 is 47.6 Å². The van der Waals surface area contributed by atoms with Crippen LogP contribution in [0.1, 0.15) is 168 Å². The highest BCUT2D eigenvalue weighted by molar-refractivity contribution is 5.83. The summed E-state index contributed by atoms with van der Waals surface area (Å²) in [5.74, 6) is -3.31. The maximum Gasteiger partial charge on any atom is 0.309 e. The zero-order valence-corrected chi connectivity index (χ0v) is 32.5. The number of esters is 4. The molecule has 0 amide bonds. The van der Waals surface area contributed by atoms with Gasteiger partial charge in [-0.05, 0) is 64.2 Å². The Morgan fingerprint density at radius 1 is 0.365 bits per heavy atom. The summed E-state index contributed by atoms with van der Waals surface area (Å²) in [4.78, 5) is 51.9. The minimum absolute atomic E-state index is 0.0458. The molecule has 298 valence electrons. The summed E-state index contributed by atoms with van der Waals surface area (Å²) in [6.45, 7) is 5.82. The summed E-state index contributed by atoms with van der Waals surface area (Å²) in [6, 6.07) is 0. The van der Waals surface area contributed by atoms with Crippen LogP contribution in [0.5, 0.6) is 0 Å². The van der Waals surface area contributed by atoms with Crippen LogP contribution in [0.25, 0.3) is 0 Å². The van der Waals surface area contributed by atoms with Crippen LogP contribution in [-0.2, 0) is 47.6 Å². The molecule has 4 aliphatic rings. The second-order valence-corrected chi connectivity index (χ2v) is 15.8. The number of hydrogen-bond donors (Lipinski definition) is 0. The van der Waals surface area contributed by atoms with E-state index in [1.54, 1.807) is 0 Å². The molecule has 2 heterocycles. The van der Waals surface area contributed by atoms with Gasteiger partial charge in [-0.15, -0.1) is 0 Å². The van der Waals surface area contributed by atoms with Gasteiger partial charge in [-0.3, -0.25) is 19.2 Å². The van der Waals surface area contributed by atoms with Crippen LogP contribution in [0.3, 0.4) is 0 Å². The molecule has 10 nitrogen and oxygen atoms in total. The van der Waals surface area contributed by atoms with Gasteiger partial charge in [0.25, 0.3) is 0 Å². The molecular formula is C42H70O10. The molecule has 2 saturated heterocycles. The molecule has 0 radical (unpaired) electrons. The lowest BCUT2D eigenvalue weighted by Gasteiger charge is -2.26. The van der Waals surface area contributed by atoms with Crippen molar-refractivity contribution in [1.82, 2.24) is 0 Å². The van der Waals surface area contributed by atoms with Crippen LogP contribution in [0.4, 0.5) is 0 Å². The highest BCUT2D eigenvalue weighted by atomic mass is 16.6. The molecule has 10 heteroatoms. The third-order valence-corrected chi connectivity index (χ3v) is 11.5. The molecule has 0 bridgehead atoms. The van der Waals surface area contributed by atoms with Crippen molar-refractivity contribution in [2.45, 2.75) is 192 Å². The Morgan fingerprint density at radius 2 is 0.577 bits per heavy atom.